The standard InChI is InChI=1S/C12H15N5S2/c1-3-5-13-9-8-10(17-12(16-9)18-2)19-11-14-6-4-7-15-11/h4,6-8H,3,5H2,1-2H3,(H,13,16,17). The number of hydrogen-bond donors (Lipinski definition) is 1. The summed E-state index contributed by atoms with van der Waals surface area (Å²) < 4.78 is 0. The maximum Gasteiger partial charge on any atom is 0.193 e. The zero-order chi connectivity index (χ0) is 13.5. The zero-order valence-electron chi connectivity index (χ0n) is 10.8. The van der Waals surface area contributed by atoms with Gasteiger partial charge >= 0.3 is 0 Å². The van der Waals surface area contributed by atoms with Crippen LogP contribution in [0.25, 0.3) is 0 Å². The van der Waals surface area contributed by atoms with Gasteiger partial charge in [-0.2, -0.15) is 0 Å². The summed E-state index contributed by atoms with van der Waals surface area (Å²) in [4.78, 5) is 17.2. The molecule has 19 heavy (non-hydrogen) atoms. The molecule has 0 bridgehead atoms. The first-order valence-corrected chi connectivity index (χ1v) is 7.97. The minimum Gasteiger partial charge on any atom is -0.370 e. The second-order valence-corrected chi connectivity index (χ2v) is 5.40. The minimum atomic E-state index is 0.690. The van der Waals surface area contributed by atoms with Crippen LogP contribution in [0.15, 0.2) is 39.9 Å². The third-order valence-electron chi connectivity index (χ3n) is 2.16. The Morgan fingerprint density at radius 1 is 1.16 bits per heavy atom. The molecule has 0 amide bonds. The lowest BCUT2D eigenvalue weighted by molar-refractivity contribution is 0.872. The lowest BCUT2D eigenvalue weighted by Gasteiger charge is -2.07. The summed E-state index contributed by atoms with van der Waals surface area (Å²) in [6.07, 6.45) is 6.47. The van der Waals surface area contributed by atoms with Crippen LogP contribution in [0.2, 0.25) is 0 Å². The predicted molar refractivity (Wildman–Crippen MR) is 78.7 cm³/mol. The molecule has 0 unspecified atom stereocenters. The molecule has 0 saturated heterocycles. The Bertz CT molecular complexity index is 521. The van der Waals surface area contributed by atoms with E-state index in [2.05, 4.69) is 32.2 Å². The van der Waals surface area contributed by atoms with Crippen LogP contribution in [0.5, 0.6) is 0 Å². The van der Waals surface area contributed by atoms with Gasteiger partial charge in [0.05, 0.1) is 0 Å². The molecule has 0 aliphatic rings. The van der Waals surface area contributed by atoms with E-state index < -0.39 is 0 Å². The fourth-order valence-corrected chi connectivity index (χ4v) is 2.48. The van der Waals surface area contributed by atoms with Crippen molar-refractivity contribution in [1.82, 2.24) is 19.9 Å². The number of aromatic nitrogens is 4. The van der Waals surface area contributed by atoms with E-state index in [1.165, 1.54) is 23.5 Å². The monoisotopic (exact) mass is 293 g/mol. The Labute approximate surface area is 121 Å². The molecule has 7 heteroatoms. The van der Waals surface area contributed by atoms with Gasteiger partial charge in [-0.25, -0.2) is 19.9 Å². The molecule has 1 N–H and O–H groups in total. The first kappa shape index (κ1) is 14.1. The van der Waals surface area contributed by atoms with Gasteiger partial charge in [-0.05, 0) is 30.5 Å². The van der Waals surface area contributed by atoms with Crippen LogP contribution in [-0.2, 0) is 0 Å². The van der Waals surface area contributed by atoms with Gasteiger partial charge in [0.25, 0.3) is 0 Å². The van der Waals surface area contributed by atoms with E-state index in [0.717, 1.165) is 29.0 Å². The molecule has 0 fully saturated rings. The van der Waals surface area contributed by atoms with Crippen molar-refractivity contribution >= 4 is 29.3 Å². The fraction of sp³-hybridized carbons (Fsp3) is 0.333. The number of thioether (sulfide) groups is 1. The van der Waals surface area contributed by atoms with Gasteiger partial charge in [0, 0.05) is 25.0 Å². The van der Waals surface area contributed by atoms with E-state index in [1.807, 2.05) is 12.3 Å². The Hall–Kier alpha value is -1.34. The van der Waals surface area contributed by atoms with E-state index >= 15 is 0 Å². The molecule has 2 heterocycles. The molecule has 2 rings (SSSR count). The van der Waals surface area contributed by atoms with Crippen LogP contribution in [0.4, 0.5) is 5.82 Å². The third kappa shape index (κ3) is 4.36. The SMILES string of the molecule is CCCNc1cc(Sc2ncccn2)nc(SC)n1. The van der Waals surface area contributed by atoms with Crippen molar-refractivity contribution < 1.29 is 0 Å². The molecular weight excluding hydrogens is 278 g/mol. The van der Waals surface area contributed by atoms with E-state index in [9.17, 15) is 0 Å². The number of hydrogen-bond acceptors (Lipinski definition) is 7. The number of rotatable bonds is 6. The average molecular weight is 293 g/mol. The first-order valence-electron chi connectivity index (χ1n) is 5.93. The summed E-state index contributed by atoms with van der Waals surface area (Å²) in [5.74, 6) is 0.847. The van der Waals surface area contributed by atoms with Crippen LogP contribution in [0.1, 0.15) is 13.3 Å². The van der Waals surface area contributed by atoms with Crippen LogP contribution in [0, 0.1) is 0 Å². The maximum atomic E-state index is 4.45. The molecule has 0 spiro atoms. The van der Waals surface area contributed by atoms with Crippen molar-refractivity contribution in [2.24, 2.45) is 0 Å². The first-order chi connectivity index (χ1) is 9.31. The largest absolute Gasteiger partial charge is 0.370 e. The van der Waals surface area contributed by atoms with E-state index in [1.54, 1.807) is 18.5 Å². The van der Waals surface area contributed by atoms with Crippen LogP contribution >= 0.6 is 23.5 Å². The van der Waals surface area contributed by atoms with Crippen LogP contribution in [-0.4, -0.2) is 32.7 Å². The van der Waals surface area contributed by atoms with Gasteiger partial charge in [0.2, 0.25) is 0 Å². The highest BCUT2D eigenvalue weighted by atomic mass is 32.2. The second kappa shape index (κ2) is 7.30. The highest BCUT2D eigenvalue weighted by molar-refractivity contribution is 7.99. The molecule has 2 aromatic rings. The minimum absolute atomic E-state index is 0.690. The molecule has 100 valence electrons. The Morgan fingerprint density at radius 3 is 2.63 bits per heavy atom. The number of nitrogens with one attached hydrogen (secondary N) is 1. The Morgan fingerprint density at radius 2 is 1.95 bits per heavy atom. The van der Waals surface area contributed by atoms with Crippen molar-refractivity contribution in [3.8, 4) is 0 Å². The van der Waals surface area contributed by atoms with Crippen molar-refractivity contribution in [1.29, 1.82) is 0 Å². The molecule has 0 radical (unpaired) electrons. The molecule has 0 saturated carbocycles. The van der Waals surface area contributed by atoms with Crippen LogP contribution in [0.3, 0.4) is 0 Å². The van der Waals surface area contributed by atoms with E-state index in [0.29, 0.717) is 5.16 Å². The lowest BCUT2D eigenvalue weighted by atomic mass is 10.4. The Balaban J connectivity index is 2.19. The van der Waals surface area contributed by atoms with Crippen molar-refractivity contribution in [2.45, 2.75) is 28.7 Å². The third-order valence-corrected chi connectivity index (χ3v) is 3.52. The normalized spacial score (nSPS) is 10.4. The van der Waals surface area contributed by atoms with Gasteiger partial charge < -0.3 is 5.32 Å². The molecule has 5 nitrogen and oxygen atoms in total. The molecular formula is C12H15N5S2. The Kier molecular flexibility index (Phi) is 5.41. The quantitative estimate of drug-likeness (QED) is 0.499. The van der Waals surface area contributed by atoms with Crippen LogP contribution < -0.4 is 5.32 Å². The van der Waals surface area contributed by atoms with Gasteiger partial charge in [-0.3, -0.25) is 0 Å². The molecule has 2 aromatic heterocycles. The van der Waals surface area contributed by atoms with Crippen molar-refractivity contribution in [3.05, 3.63) is 24.5 Å². The predicted octanol–water partition coefficient (Wildman–Crippen LogP) is 2.96. The van der Waals surface area contributed by atoms with Crippen molar-refractivity contribution in [3.63, 3.8) is 0 Å². The molecule has 0 aromatic carbocycles. The second-order valence-electron chi connectivity index (χ2n) is 3.64. The maximum absolute atomic E-state index is 4.45. The highest BCUT2D eigenvalue weighted by Crippen LogP contribution is 2.26. The number of anilines is 1. The van der Waals surface area contributed by atoms with Gasteiger partial charge in [-0.1, -0.05) is 18.7 Å². The van der Waals surface area contributed by atoms with E-state index in [4.69, 9.17) is 0 Å². The van der Waals surface area contributed by atoms with Gasteiger partial charge in [0.1, 0.15) is 10.8 Å². The molecule has 0 atom stereocenters. The fourth-order valence-electron chi connectivity index (χ4n) is 1.32. The van der Waals surface area contributed by atoms with E-state index in [-0.39, 0.29) is 0 Å². The van der Waals surface area contributed by atoms with Gasteiger partial charge in [0.15, 0.2) is 10.3 Å². The summed E-state index contributed by atoms with van der Waals surface area (Å²) >= 11 is 2.96. The topological polar surface area (TPSA) is 63.6 Å². The van der Waals surface area contributed by atoms with Gasteiger partial charge in [-0.15, -0.1) is 0 Å². The van der Waals surface area contributed by atoms with Crippen molar-refractivity contribution in [2.75, 3.05) is 18.1 Å². The lowest BCUT2D eigenvalue weighted by Crippen LogP contribution is -2.03. The smallest absolute Gasteiger partial charge is 0.193 e. The number of nitrogens with zero attached hydrogens (tertiary/aromatic N) is 4. The molecule has 0 aliphatic carbocycles. The summed E-state index contributed by atoms with van der Waals surface area (Å²) in [5, 5.41) is 5.57. The average Bonchev–Trinajstić information content (AvgIpc) is 2.46. The highest BCUT2D eigenvalue weighted by Gasteiger charge is 2.06. The molecule has 0 aliphatic heterocycles. The summed E-state index contributed by atoms with van der Waals surface area (Å²) in [6.45, 7) is 3.02. The summed E-state index contributed by atoms with van der Waals surface area (Å²) in [5.41, 5.74) is 0. The summed E-state index contributed by atoms with van der Waals surface area (Å²) in [7, 11) is 0. The summed E-state index contributed by atoms with van der Waals surface area (Å²) in [6, 6.07) is 3.72. The zero-order valence-corrected chi connectivity index (χ0v) is 12.5.